The van der Waals surface area contributed by atoms with Crippen LogP contribution < -0.4 is 5.32 Å². The molecule has 4 rings (SSSR count). The monoisotopic (exact) mass is 434 g/mol. The van der Waals surface area contributed by atoms with Gasteiger partial charge in [0.25, 0.3) is 5.91 Å². The molecule has 0 atom stereocenters. The molecule has 1 aliphatic rings. The van der Waals surface area contributed by atoms with E-state index in [1.165, 1.54) is 42.7 Å². The van der Waals surface area contributed by atoms with Crippen molar-refractivity contribution >= 4 is 34.0 Å². The number of thiazole rings is 1. The third-order valence-corrected chi connectivity index (χ3v) is 6.02. The summed E-state index contributed by atoms with van der Waals surface area (Å²) in [4.78, 5) is 19.8. The molecule has 2 aromatic heterocycles. The lowest BCUT2D eigenvalue weighted by atomic mass is 10.1. The minimum atomic E-state index is -0.571. The van der Waals surface area contributed by atoms with Gasteiger partial charge >= 0.3 is 0 Å². The first-order valence-corrected chi connectivity index (χ1v) is 10.7. The first-order chi connectivity index (χ1) is 14.0. The average Bonchev–Trinajstić information content (AvgIpc) is 3.29. The second-order valence-electron chi connectivity index (χ2n) is 6.99. The lowest BCUT2D eigenvalue weighted by Crippen LogP contribution is -2.29. The van der Waals surface area contributed by atoms with Gasteiger partial charge in [0, 0.05) is 11.9 Å². The van der Waals surface area contributed by atoms with E-state index >= 15 is 0 Å². The number of carbonyl (C=O) groups is 1. The lowest BCUT2D eigenvalue weighted by molar-refractivity contribution is 0.102. The SMILES string of the molecule is Cc1onc(-c2c(F)cccc2Cl)c1C(=O)Nc1nc(CN2CCCCC2)cs1. The van der Waals surface area contributed by atoms with Crippen LogP contribution in [0.15, 0.2) is 28.1 Å². The Kier molecular flexibility index (Phi) is 5.94. The van der Waals surface area contributed by atoms with Crippen LogP contribution in [0, 0.1) is 12.7 Å². The highest BCUT2D eigenvalue weighted by Crippen LogP contribution is 2.34. The summed E-state index contributed by atoms with van der Waals surface area (Å²) < 4.78 is 19.5. The molecule has 6 nitrogen and oxygen atoms in total. The Labute approximate surface area is 176 Å². The van der Waals surface area contributed by atoms with E-state index in [1.54, 1.807) is 13.0 Å². The molecule has 3 aromatic rings. The van der Waals surface area contributed by atoms with Crippen LogP contribution in [0.2, 0.25) is 5.02 Å². The second-order valence-corrected chi connectivity index (χ2v) is 8.26. The Morgan fingerprint density at radius 1 is 1.34 bits per heavy atom. The van der Waals surface area contributed by atoms with Crippen molar-refractivity contribution in [2.75, 3.05) is 18.4 Å². The number of halogens is 2. The molecule has 9 heteroatoms. The Morgan fingerprint density at radius 3 is 2.90 bits per heavy atom. The Bertz CT molecular complexity index is 1010. The van der Waals surface area contributed by atoms with E-state index in [-0.39, 0.29) is 27.6 Å². The van der Waals surface area contributed by atoms with E-state index < -0.39 is 11.7 Å². The maximum absolute atomic E-state index is 14.3. The minimum Gasteiger partial charge on any atom is -0.360 e. The molecule has 0 saturated carbocycles. The number of hydrogen-bond donors (Lipinski definition) is 1. The first-order valence-electron chi connectivity index (χ1n) is 9.41. The van der Waals surface area contributed by atoms with Crippen molar-refractivity contribution < 1.29 is 13.7 Å². The summed E-state index contributed by atoms with van der Waals surface area (Å²) in [5.41, 5.74) is 1.19. The molecule has 0 unspecified atom stereocenters. The number of carbonyl (C=O) groups excluding carboxylic acids is 1. The number of piperidine rings is 1. The number of hydrogen-bond acceptors (Lipinski definition) is 6. The summed E-state index contributed by atoms with van der Waals surface area (Å²) in [6.07, 6.45) is 3.70. The molecule has 152 valence electrons. The quantitative estimate of drug-likeness (QED) is 0.602. The highest BCUT2D eigenvalue weighted by atomic mass is 35.5. The van der Waals surface area contributed by atoms with Gasteiger partial charge in [-0.25, -0.2) is 9.37 Å². The van der Waals surface area contributed by atoms with E-state index in [0.717, 1.165) is 25.3 Å². The molecule has 0 spiro atoms. The van der Waals surface area contributed by atoms with Crippen LogP contribution in [0.4, 0.5) is 9.52 Å². The molecule has 1 amide bonds. The largest absolute Gasteiger partial charge is 0.360 e. The highest BCUT2D eigenvalue weighted by Gasteiger charge is 2.26. The molecule has 1 N–H and O–H groups in total. The Morgan fingerprint density at radius 2 is 2.14 bits per heavy atom. The van der Waals surface area contributed by atoms with Crippen molar-refractivity contribution in [2.24, 2.45) is 0 Å². The van der Waals surface area contributed by atoms with Crippen LogP contribution in [0.25, 0.3) is 11.3 Å². The van der Waals surface area contributed by atoms with Crippen molar-refractivity contribution in [3.8, 4) is 11.3 Å². The van der Waals surface area contributed by atoms with Crippen LogP contribution in [0.5, 0.6) is 0 Å². The number of benzene rings is 1. The standard InChI is InChI=1S/C20H20ClFN4O2S/c1-12-16(18(25-28-12)17-14(21)6-5-7-15(17)22)19(27)24-20-23-13(11-29-20)10-26-8-3-2-4-9-26/h5-7,11H,2-4,8-10H2,1H3,(H,23,24,27). The van der Waals surface area contributed by atoms with Crippen LogP contribution in [0.1, 0.15) is 41.1 Å². The number of nitrogens with one attached hydrogen (secondary N) is 1. The fourth-order valence-corrected chi connectivity index (χ4v) is 4.43. The van der Waals surface area contributed by atoms with Gasteiger partial charge in [-0.15, -0.1) is 11.3 Å². The lowest BCUT2D eigenvalue weighted by Gasteiger charge is -2.25. The number of aryl methyl sites for hydroxylation is 1. The zero-order chi connectivity index (χ0) is 20.4. The summed E-state index contributed by atoms with van der Waals surface area (Å²) >= 11 is 7.49. The zero-order valence-electron chi connectivity index (χ0n) is 15.9. The number of likely N-dealkylation sites (tertiary alicyclic amines) is 1. The van der Waals surface area contributed by atoms with Crippen LogP contribution in [0.3, 0.4) is 0 Å². The molecule has 0 bridgehead atoms. The maximum atomic E-state index is 14.3. The molecule has 1 saturated heterocycles. The van der Waals surface area contributed by atoms with Crippen molar-refractivity contribution in [1.29, 1.82) is 0 Å². The topological polar surface area (TPSA) is 71.3 Å². The van der Waals surface area contributed by atoms with Gasteiger partial charge in [-0.2, -0.15) is 0 Å². The normalized spacial score (nSPS) is 14.9. The highest BCUT2D eigenvalue weighted by molar-refractivity contribution is 7.14. The van der Waals surface area contributed by atoms with Gasteiger partial charge in [-0.3, -0.25) is 15.0 Å². The fourth-order valence-electron chi connectivity index (χ4n) is 3.48. The number of nitrogens with zero attached hydrogens (tertiary/aromatic N) is 3. The third-order valence-electron chi connectivity index (χ3n) is 4.90. The third kappa shape index (κ3) is 4.34. The van der Waals surface area contributed by atoms with E-state index in [1.807, 2.05) is 5.38 Å². The molecule has 29 heavy (non-hydrogen) atoms. The number of anilines is 1. The van der Waals surface area contributed by atoms with Gasteiger partial charge in [-0.1, -0.05) is 29.2 Å². The van der Waals surface area contributed by atoms with E-state index in [9.17, 15) is 9.18 Å². The smallest absolute Gasteiger partial charge is 0.263 e. The summed E-state index contributed by atoms with van der Waals surface area (Å²) in [5.74, 6) is -0.753. The molecule has 3 heterocycles. The molecule has 1 aromatic carbocycles. The van der Waals surface area contributed by atoms with Crippen molar-refractivity contribution in [2.45, 2.75) is 32.7 Å². The van der Waals surface area contributed by atoms with Crippen molar-refractivity contribution in [1.82, 2.24) is 15.0 Å². The Balaban J connectivity index is 1.53. The summed E-state index contributed by atoms with van der Waals surface area (Å²) in [6.45, 7) is 4.52. The van der Waals surface area contributed by atoms with E-state index in [4.69, 9.17) is 16.1 Å². The van der Waals surface area contributed by atoms with Gasteiger partial charge in [0.1, 0.15) is 22.8 Å². The van der Waals surface area contributed by atoms with Gasteiger partial charge in [0.15, 0.2) is 5.13 Å². The van der Waals surface area contributed by atoms with Gasteiger partial charge in [-0.05, 0) is 45.0 Å². The first kappa shape index (κ1) is 20.0. The maximum Gasteiger partial charge on any atom is 0.263 e. The molecule has 1 fully saturated rings. The van der Waals surface area contributed by atoms with Crippen LogP contribution in [-0.2, 0) is 6.54 Å². The number of aromatic nitrogens is 2. The summed E-state index contributed by atoms with van der Waals surface area (Å²) in [7, 11) is 0. The number of rotatable bonds is 5. The predicted octanol–water partition coefficient (Wildman–Crippen LogP) is 5.14. The van der Waals surface area contributed by atoms with Gasteiger partial charge < -0.3 is 4.52 Å². The Hall–Kier alpha value is -2.29. The summed E-state index contributed by atoms with van der Waals surface area (Å²) in [5, 5.41) is 9.23. The predicted molar refractivity (Wildman–Crippen MR) is 111 cm³/mol. The molecule has 1 aliphatic heterocycles. The molecular formula is C20H20ClFN4O2S. The van der Waals surface area contributed by atoms with Crippen molar-refractivity contribution in [3.63, 3.8) is 0 Å². The van der Waals surface area contributed by atoms with E-state index in [2.05, 4.69) is 20.4 Å². The zero-order valence-corrected chi connectivity index (χ0v) is 17.4. The average molecular weight is 435 g/mol. The van der Waals surface area contributed by atoms with E-state index in [0.29, 0.717) is 5.13 Å². The van der Waals surface area contributed by atoms with Gasteiger partial charge in [0.2, 0.25) is 0 Å². The minimum absolute atomic E-state index is 0.0427. The molecule has 0 radical (unpaired) electrons. The summed E-state index contributed by atoms with van der Waals surface area (Å²) in [6, 6.07) is 4.30. The van der Waals surface area contributed by atoms with Crippen molar-refractivity contribution in [3.05, 3.63) is 51.4 Å². The van der Waals surface area contributed by atoms with Crippen LogP contribution in [-0.4, -0.2) is 34.0 Å². The molecule has 0 aliphatic carbocycles. The van der Waals surface area contributed by atoms with Crippen LogP contribution >= 0.6 is 22.9 Å². The number of amides is 1. The molecular weight excluding hydrogens is 415 g/mol. The second kappa shape index (κ2) is 8.61. The van der Waals surface area contributed by atoms with Gasteiger partial charge in [0.05, 0.1) is 16.3 Å². The fraction of sp³-hybridized carbons (Fsp3) is 0.350.